The number of carbonyl (C=O) groups excluding carboxylic acids is 1. The summed E-state index contributed by atoms with van der Waals surface area (Å²) in [5, 5.41) is 19.2. The summed E-state index contributed by atoms with van der Waals surface area (Å²) in [7, 11) is 1.85. The quantitative estimate of drug-likeness (QED) is 0.656. The van der Waals surface area contributed by atoms with Gasteiger partial charge in [0.1, 0.15) is 5.69 Å². The first-order chi connectivity index (χ1) is 14.5. The predicted molar refractivity (Wildman–Crippen MR) is 112 cm³/mol. The van der Waals surface area contributed by atoms with Crippen molar-refractivity contribution in [1.29, 1.82) is 5.26 Å². The molecule has 0 bridgehead atoms. The second-order valence-electron chi connectivity index (χ2n) is 7.37. The number of hydrogen-bond donors (Lipinski definition) is 2. The summed E-state index contributed by atoms with van der Waals surface area (Å²) in [5.74, 6) is 0.442. The first kappa shape index (κ1) is 19.6. The summed E-state index contributed by atoms with van der Waals surface area (Å²) in [4.78, 5) is 16.8. The Morgan fingerprint density at radius 3 is 2.80 bits per heavy atom. The van der Waals surface area contributed by atoms with Crippen molar-refractivity contribution in [2.45, 2.75) is 18.9 Å². The fraction of sp³-hybridized carbons (Fsp3) is 0.273. The van der Waals surface area contributed by atoms with Gasteiger partial charge in [-0.2, -0.15) is 10.4 Å². The Kier molecular flexibility index (Phi) is 5.46. The molecule has 0 saturated carbocycles. The van der Waals surface area contributed by atoms with Crippen LogP contribution < -0.4 is 15.4 Å². The number of rotatable bonds is 6. The maximum absolute atomic E-state index is 12.5. The summed E-state index contributed by atoms with van der Waals surface area (Å²) in [6.07, 6.45) is 4.69. The molecule has 4 rings (SSSR count). The molecule has 0 radical (unpaired) electrons. The molecule has 1 amide bonds. The number of ether oxygens (including phenoxy) is 1. The molecule has 1 aliphatic heterocycles. The highest BCUT2D eigenvalue weighted by Crippen LogP contribution is 2.31. The van der Waals surface area contributed by atoms with E-state index in [0.717, 1.165) is 16.7 Å². The molecule has 1 aliphatic rings. The van der Waals surface area contributed by atoms with Crippen molar-refractivity contribution in [2.24, 2.45) is 7.05 Å². The second kappa shape index (κ2) is 8.35. The number of carbonyl (C=O) groups is 1. The molecule has 152 valence electrons. The summed E-state index contributed by atoms with van der Waals surface area (Å²) < 4.78 is 7.53. The lowest BCUT2D eigenvalue weighted by molar-refractivity contribution is -0.123. The lowest BCUT2D eigenvalue weighted by Gasteiger charge is -2.26. The maximum Gasteiger partial charge on any atom is 0.267 e. The number of pyridine rings is 1. The standard InChI is InChI=1S/C22H22N6O2/c1-14(16-5-3-15(8-23)4-6-16)9-24-12-20-21(29)27-19-7-17(10-25-22(19)30-20)18-11-26-28(2)13-18/h3-7,10-11,13-14,20,24H,9,12H2,1-2H3,(H,27,29). The Morgan fingerprint density at radius 1 is 1.30 bits per heavy atom. The fourth-order valence-electron chi connectivity index (χ4n) is 3.33. The molecule has 3 aromatic rings. The van der Waals surface area contributed by atoms with Gasteiger partial charge in [-0.3, -0.25) is 9.48 Å². The third-order valence-corrected chi connectivity index (χ3v) is 5.08. The van der Waals surface area contributed by atoms with Crippen molar-refractivity contribution >= 4 is 11.6 Å². The lowest BCUT2D eigenvalue weighted by atomic mass is 10.00. The van der Waals surface area contributed by atoms with E-state index >= 15 is 0 Å². The van der Waals surface area contributed by atoms with Crippen LogP contribution in [0.5, 0.6) is 5.88 Å². The Morgan fingerprint density at radius 2 is 2.10 bits per heavy atom. The van der Waals surface area contributed by atoms with E-state index in [0.29, 0.717) is 30.2 Å². The number of nitrogens with one attached hydrogen (secondary N) is 2. The molecular formula is C22H22N6O2. The Hall–Kier alpha value is -3.70. The number of anilines is 1. The van der Waals surface area contributed by atoms with Crippen molar-refractivity contribution in [3.05, 3.63) is 60.0 Å². The first-order valence-corrected chi connectivity index (χ1v) is 9.71. The van der Waals surface area contributed by atoms with Crippen LogP contribution in [-0.2, 0) is 11.8 Å². The molecule has 8 nitrogen and oxygen atoms in total. The van der Waals surface area contributed by atoms with Gasteiger partial charge in [-0.15, -0.1) is 0 Å². The van der Waals surface area contributed by atoms with Crippen molar-refractivity contribution in [1.82, 2.24) is 20.1 Å². The summed E-state index contributed by atoms with van der Waals surface area (Å²) in [5.41, 5.74) is 4.11. The first-order valence-electron chi connectivity index (χ1n) is 9.71. The summed E-state index contributed by atoms with van der Waals surface area (Å²) >= 11 is 0. The molecule has 0 spiro atoms. The third-order valence-electron chi connectivity index (χ3n) is 5.08. The van der Waals surface area contributed by atoms with Gasteiger partial charge in [0.05, 0.1) is 17.8 Å². The van der Waals surface area contributed by atoms with Crippen molar-refractivity contribution in [3.63, 3.8) is 0 Å². The number of hydrogen-bond acceptors (Lipinski definition) is 6. The number of nitrogens with zero attached hydrogens (tertiary/aromatic N) is 4. The van der Waals surface area contributed by atoms with Crippen LogP contribution in [0, 0.1) is 11.3 Å². The number of amides is 1. The summed E-state index contributed by atoms with van der Waals surface area (Å²) in [6.45, 7) is 3.14. The largest absolute Gasteiger partial charge is 0.461 e. The monoisotopic (exact) mass is 402 g/mol. The normalized spacial score (nSPS) is 16.2. The Labute approximate surface area is 174 Å². The van der Waals surface area contributed by atoms with Gasteiger partial charge < -0.3 is 15.4 Å². The van der Waals surface area contributed by atoms with Crippen LogP contribution in [0.1, 0.15) is 24.0 Å². The number of fused-ring (bicyclic) bond motifs is 1. The van der Waals surface area contributed by atoms with Crippen molar-refractivity contribution in [3.8, 4) is 23.1 Å². The smallest absolute Gasteiger partial charge is 0.267 e. The highest BCUT2D eigenvalue weighted by atomic mass is 16.5. The number of aryl methyl sites for hydroxylation is 1. The maximum atomic E-state index is 12.5. The van der Waals surface area contributed by atoms with Gasteiger partial charge in [0.15, 0.2) is 6.10 Å². The van der Waals surface area contributed by atoms with E-state index in [-0.39, 0.29) is 11.8 Å². The van der Waals surface area contributed by atoms with Gasteiger partial charge >= 0.3 is 0 Å². The molecule has 0 saturated heterocycles. The number of benzene rings is 1. The van der Waals surface area contributed by atoms with E-state index < -0.39 is 6.10 Å². The molecule has 8 heteroatoms. The zero-order valence-corrected chi connectivity index (χ0v) is 16.8. The molecule has 0 aliphatic carbocycles. The molecule has 3 heterocycles. The van der Waals surface area contributed by atoms with Gasteiger partial charge in [-0.25, -0.2) is 4.98 Å². The minimum Gasteiger partial charge on any atom is -0.461 e. The van der Waals surface area contributed by atoms with Crippen LogP contribution in [0.4, 0.5) is 5.69 Å². The van der Waals surface area contributed by atoms with Crippen molar-refractivity contribution < 1.29 is 9.53 Å². The molecule has 2 aromatic heterocycles. The summed E-state index contributed by atoms with van der Waals surface area (Å²) in [6, 6.07) is 11.5. The molecule has 2 atom stereocenters. The SMILES string of the molecule is CC(CNCC1Oc2ncc(-c3cnn(C)c3)cc2NC1=O)c1ccc(C#N)cc1. The minimum atomic E-state index is -0.651. The molecule has 0 fully saturated rings. The van der Waals surface area contributed by atoms with Crippen LogP contribution in [0.15, 0.2) is 48.9 Å². The molecule has 1 aromatic carbocycles. The third kappa shape index (κ3) is 4.16. The second-order valence-corrected chi connectivity index (χ2v) is 7.37. The zero-order valence-electron chi connectivity index (χ0n) is 16.8. The number of aromatic nitrogens is 3. The van der Waals surface area contributed by atoms with Crippen LogP contribution in [0.25, 0.3) is 11.1 Å². The van der Waals surface area contributed by atoms with E-state index in [2.05, 4.69) is 33.7 Å². The molecule has 30 heavy (non-hydrogen) atoms. The van der Waals surface area contributed by atoms with Gasteiger partial charge in [-0.1, -0.05) is 19.1 Å². The fourth-order valence-corrected chi connectivity index (χ4v) is 3.33. The highest BCUT2D eigenvalue weighted by Gasteiger charge is 2.28. The predicted octanol–water partition coefficient (Wildman–Crippen LogP) is 2.45. The van der Waals surface area contributed by atoms with Crippen LogP contribution in [0.3, 0.4) is 0 Å². The van der Waals surface area contributed by atoms with Crippen LogP contribution >= 0.6 is 0 Å². The van der Waals surface area contributed by atoms with Crippen molar-refractivity contribution in [2.75, 3.05) is 18.4 Å². The highest BCUT2D eigenvalue weighted by molar-refractivity contribution is 5.98. The Balaban J connectivity index is 1.35. The average Bonchev–Trinajstić information content (AvgIpc) is 3.20. The van der Waals surface area contributed by atoms with E-state index in [1.54, 1.807) is 17.1 Å². The van der Waals surface area contributed by atoms with E-state index in [9.17, 15) is 4.79 Å². The Bertz CT molecular complexity index is 1100. The molecule has 2 N–H and O–H groups in total. The average molecular weight is 402 g/mol. The molecule has 2 unspecified atom stereocenters. The number of nitriles is 1. The van der Waals surface area contributed by atoms with E-state index in [1.165, 1.54) is 0 Å². The van der Waals surface area contributed by atoms with Gasteiger partial charge in [0, 0.05) is 43.7 Å². The van der Waals surface area contributed by atoms with Gasteiger partial charge in [-0.05, 0) is 29.7 Å². The van der Waals surface area contributed by atoms with Gasteiger partial charge in [0.2, 0.25) is 5.88 Å². The topological polar surface area (TPSA) is 105 Å². The van der Waals surface area contributed by atoms with Crippen LogP contribution in [-0.4, -0.2) is 39.9 Å². The van der Waals surface area contributed by atoms with E-state index in [4.69, 9.17) is 10.00 Å². The zero-order chi connectivity index (χ0) is 21.1. The molecular weight excluding hydrogens is 380 g/mol. The lowest BCUT2D eigenvalue weighted by Crippen LogP contribution is -2.44. The van der Waals surface area contributed by atoms with Crippen LogP contribution in [0.2, 0.25) is 0 Å². The minimum absolute atomic E-state index is 0.203. The van der Waals surface area contributed by atoms with E-state index in [1.807, 2.05) is 43.6 Å². The van der Waals surface area contributed by atoms with Gasteiger partial charge in [0.25, 0.3) is 5.91 Å².